The SMILES string of the molecule is CCOC(=O)C1(Cc2cccc(-n3c(C(N)=O)cc4ccc(OC(F)(F)F)cc43)c2)CCC1. The van der Waals surface area contributed by atoms with Gasteiger partial charge in [0, 0.05) is 17.1 Å². The van der Waals surface area contributed by atoms with Crippen molar-refractivity contribution in [3.05, 3.63) is 59.8 Å². The molecule has 2 aromatic carbocycles. The maximum absolute atomic E-state index is 12.7. The molecule has 0 radical (unpaired) electrons. The standard InChI is InChI=1S/C24H23F3N2O4/c1-2-32-22(31)23(9-4-10-23)14-15-5-3-6-17(11-15)29-19-13-18(33-24(25,26)27)8-7-16(19)12-20(29)21(28)30/h3,5-8,11-13H,2,4,9-10,14H2,1H3,(H2,28,30). The first-order chi connectivity index (χ1) is 15.6. The molecule has 0 unspecified atom stereocenters. The highest BCUT2D eigenvalue weighted by Gasteiger charge is 2.45. The van der Waals surface area contributed by atoms with Gasteiger partial charge in [0.1, 0.15) is 11.4 Å². The van der Waals surface area contributed by atoms with E-state index in [1.54, 1.807) is 19.1 Å². The number of carbonyl (C=O) groups excluding carboxylic acids is 2. The number of esters is 1. The summed E-state index contributed by atoms with van der Waals surface area (Å²) < 4.78 is 49.0. The van der Waals surface area contributed by atoms with Crippen molar-refractivity contribution in [2.75, 3.05) is 6.61 Å². The molecule has 6 nitrogen and oxygen atoms in total. The van der Waals surface area contributed by atoms with Crippen LogP contribution in [0.5, 0.6) is 5.75 Å². The summed E-state index contributed by atoms with van der Waals surface area (Å²) in [4.78, 5) is 24.7. The van der Waals surface area contributed by atoms with E-state index in [1.165, 1.54) is 28.8 Å². The molecule has 1 amide bonds. The summed E-state index contributed by atoms with van der Waals surface area (Å²) in [5, 5.41) is 0.533. The Bertz CT molecular complexity index is 1210. The Balaban J connectivity index is 1.77. The molecule has 0 bridgehead atoms. The highest BCUT2D eigenvalue weighted by molar-refractivity contribution is 5.99. The maximum atomic E-state index is 12.7. The number of fused-ring (bicyclic) bond motifs is 1. The summed E-state index contributed by atoms with van der Waals surface area (Å²) in [6.45, 7) is 2.07. The largest absolute Gasteiger partial charge is 0.573 e. The number of benzene rings is 2. The van der Waals surface area contributed by atoms with Crippen LogP contribution in [0.3, 0.4) is 0 Å². The van der Waals surface area contributed by atoms with Crippen molar-refractivity contribution >= 4 is 22.8 Å². The minimum atomic E-state index is -4.85. The molecular formula is C24H23F3N2O4. The summed E-state index contributed by atoms with van der Waals surface area (Å²) in [6, 6.07) is 12.5. The van der Waals surface area contributed by atoms with E-state index in [1.807, 2.05) is 12.1 Å². The summed E-state index contributed by atoms with van der Waals surface area (Å²) in [5.74, 6) is -1.35. The van der Waals surface area contributed by atoms with E-state index >= 15 is 0 Å². The normalized spacial score (nSPS) is 15.2. The molecule has 174 valence electrons. The third kappa shape index (κ3) is 4.53. The van der Waals surface area contributed by atoms with Gasteiger partial charge in [0.25, 0.3) is 5.91 Å². The first kappa shape index (κ1) is 22.7. The van der Waals surface area contributed by atoms with Crippen molar-refractivity contribution in [1.29, 1.82) is 0 Å². The van der Waals surface area contributed by atoms with Gasteiger partial charge >= 0.3 is 12.3 Å². The Labute approximate surface area is 188 Å². The van der Waals surface area contributed by atoms with Crippen LogP contribution in [0.2, 0.25) is 0 Å². The molecule has 1 aromatic heterocycles. The Morgan fingerprint density at radius 2 is 1.88 bits per heavy atom. The second-order valence-corrected chi connectivity index (χ2v) is 8.20. The molecule has 4 rings (SSSR count). The average Bonchev–Trinajstić information content (AvgIpc) is 3.09. The van der Waals surface area contributed by atoms with Crippen LogP contribution in [-0.2, 0) is 16.0 Å². The smallest absolute Gasteiger partial charge is 0.466 e. The van der Waals surface area contributed by atoms with Gasteiger partial charge in [-0.25, -0.2) is 0 Å². The lowest BCUT2D eigenvalue weighted by molar-refractivity contribution is -0.274. The van der Waals surface area contributed by atoms with Gasteiger partial charge in [-0.2, -0.15) is 0 Å². The summed E-state index contributed by atoms with van der Waals surface area (Å²) in [7, 11) is 0. The van der Waals surface area contributed by atoms with Crippen molar-refractivity contribution in [3.63, 3.8) is 0 Å². The number of ether oxygens (including phenoxy) is 2. The molecule has 0 saturated heterocycles. The van der Waals surface area contributed by atoms with E-state index in [4.69, 9.17) is 10.5 Å². The number of halogens is 3. The average molecular weight is 460 g/mol. The highest BCUT2D eigenvalue weighted by atomic mass is 19.4. The minimum absolute atomic E-state index is 0.120. The number of nitrogens with zero attached hydrogens (tertiary/aromatic N) is 1. The molecule has 9 heteroatoms. The van der Waals surface area contributed by atoms with Gasteiger partial charge in [0.2, 0.25) is 0 Å². The van der Waals surface area contributed by atoms with E-state index in [9.17, 15) is 22.8 Å². The topological polar surface area (TPSA) is 83.5 Å². The predicted molar refractivity (Wildman–Crippen MR) is 115 cm³/mol. The van der Waals surface area contributed by atoms with Crippen molar-refractivity contribution in [3.8, 4) is 11.4 Å². The molecule has 0 aliphatic heterocycles. The lowest BCUT2D eigenvalue weighted by Crippen LogP contribution is -2.41. The van der Waals surface area contributed by atoms with E-state index in [0.717, 1.165) is 24.8 Å². The quantitative estimate of drug-likeness (QED) is 0.508. The fourth-order valence-corrected chi connectivity index (χ4v) is 4.37. The monoisotopic (exact) mass is 460 g/mol. The molecule has 1 aliphatic rings. The second-order valence-electron chi connectivity index (χ2n) is 8.20. The Morgan fingerprint density at radius 3 is 2.48 bits per heavy atom. The molecule has 3 aromatic rings. The molecular weight excluding hydrogens is 437 g/mol. The van der Waals surface area contributed by atoms with Crippen LogP contribution in [0, 0.1) is 5.41 Å². The summed E-state index contributed by atoms with van der Waals surface area (Å²) in [6.07, 6.45) is -1.98. The van der Waals surface area contributed by atoms with Crippen molar-refractivity contribution in [2.45, 2.75) is 39.0 Å². The highest BCUT2D eigenvalue weighted by Crippen LogP contribution is 2.45. The van der Waals surface area contributed by atoms with Crippen LogP contribution in [0.4, 0.5) is 13.2 Å². The van der Waals surface area contributed by atoms with Crippen LogP contribution in [-0.4, -0.2) is 29.4 Å². The Morgan fingerprint density at radius 1 is 1.12 bits per heavy atom. The fourth-order valence-electron chi connectivity index (χ4n) is 4.37. The number of hydrogen-bond acceptors (Lipinski definition) is 4. The summed E-state index contributed by atoms with van der Waals surface area (Å²) >= 11 is 0. The number of amides is 1. The lowest BCUT2D eigenvalue weighted by atomic mass is 9.65. The number of alkyl halides is 3. The number of primary amides is 1. The van der Waals surface area contributed by atoms with Crippen LogP contribution < -0.4 is 10.5 Å². The van der Waals surface area contributed by atoms with Gasteiger partial charge in [-0.3, -0.25) is 9.59 Å². The van der Waals surface area contributed by atoms with Gasteiger partial charge in [0.15, 0.2) is 0 Å². The van der Waals surface area contributed by atoms with Crippen LogP contribution in [0.1, 0.15) is 42.2 Å². The van der Waals surface area contributed by atoms with E-state index < -0.39 is 23.4 Å². The van der Waals surface area contributed by atoms with Crippen LogP contribution in [0.15, 0.2) is 48.5 Å². The first-order valence-corrected chi connectivity index (χ1v) is 10.6. The van der Waals surface area contributed by atoms with Crippen molar-refractivity contribution in [1.82, 2.24) is 4.57 Å². The van der Waals surface area contributed by atoms with Gasteiger partial charge in [0.05, 0.1) is 17.5 Å². The van der Waals surface area contributed by atoms with E-state index in [-0.39, 0.29) is 11.7 Å². The number of nitrogens with two attached hydrogens (primary N) is 1. The molecule has 2 N–H and O–H groups in total. The van der Waals surface area contributed by atoms with Gasteiger partial charge < -0.3 is 19.8 Å². The number of rotatable bonds is 7. The molecule has 0 spiro atoms. The third-order valence-corrected chi connectivity index (χ3v) is 5.99. The molecule has 33 heavy (non-hydrogen) atoms. The fraction of sp³-hybridized carbons (Fsp3) is 0.333. The van der Waals surface area contributed by atoms with Crippen molar-refractivity contribution in [2.24, 2.45) is 11.1 Å². The number of hydrogen-bond donors (Lipinski definition) is 1. The van der Waals surface area contributed by atoms with E-state index in [0.29, 0.717) is 29.6 Å². The van der Waals surface area contributed by atoms with Gasteiger partial charge in [-0.15, -0.1) is 13.2 Å². The number of carbonyl (C=O) groups is 2. The summed E-state index contributed by atoms with van der Waals surface area (Å²) in [5.41, 5.74) is 6.84. The van der Waals surface area contributed by atoms with Crippen molar-refractivity contribution < 1.29 is 32.2 Å². The maximum Gasteiger partial charge on any atom is 0.573 e. The van der Waals surface area contributed by atoms with Crippen LogP contribution in [0.25, 0.3) is 16.6 Å². The molecule has 1 fully saturated rings. The zero-order chi connectivity index (χ0) is 23.8. The lowest BCUT2D eigenvalue weighted by Gasteiger charge is -2.39. The Hall–Kier alpha value is -3.49. The third-order valence-electron chi connectivity index (χ3n) is 5.99. The van der Waals surface area contributed by atoms with Gasteiger partial charge in [-0.1, -0.05) is 18.6 Å². The Kier molecular flexibility index (Phi) is 5.82. The molecule has 1 heterocycles. The minimum Gasteiger partial charge on any atom is -0.466 e. The van der Waals surface area contributed by atoms with Crippen LogP contribution >= 0.6 is 0 Å². The predicted octanol–water partition coefficient (Wildman–Crippen LogP) is 4.90. The second kappa shape index (κ2) is 8.46. The first-order valence-electron chi connectivity index (χ1n) is 10.6. The molecule has 0 atom stereocenters. The zero-order valence-corrected chi connectivity index (χ0v) is 17.9. The molecule has 1 aliphatic carbocycles. The number of aromatic nitrogens is 1. The van der Waals surface area contributed by atoms with E-state index in [2.05, 4.69) is 4.74 Å². The zero-order valence-electron chi connectivity index (χ0n) is 17.9. The molecule has 1 saturated carbocycles. The van der Waals surface area contributed by atoms with Gasteiger partial charge in [-0.05, 0) is 62.1 Å².